The van der Waals surface area contributed by atoms with Gasteiger partial charge in [-0.05, 0) is 27.2 Å². The third-order valence-electron chi connectivity index (χ3n) is 4.76. The third-order valence-corrected chi connectivity index (χ3v) is 5.04. The van der Waals surface area contributed by atoms with E-state index in [4.69, 9.17) is 16.3 Å². The summed E-state index contributed by atoms with van der Waals surface area (Å²) in [5.74, 6) is 0.844. The molecule has 0 saturated carbocycles. The topological polar surface area (TPSA) is 58.6 Å². The van der Waals surface area contributed by atoms with Crippen molar-refractivity contribution < 1.29 is 9.53 Å². The standard InChI is InChI=1S/C18H21ClN4O2/c1-18(2,3)25-17(24)23-10-11-8-12(23)9-22(11)16-14-7-5-4-6-13(14)15(19)20-21-16/h4-7,11-12H,8-10H2,1-3H3/t11-,12-/m0/s1. The van der Waals surface area contributed by atoms with Crippen molar-refractivity contribution in [1.82, 2.24) is 15.1 Å². The number of fused-ring (bicyclic) bond motifs is 3. The van der Waals surface area contributed by atoms with Crippen molar-refractivity contribution in [3.63, 3.8) is 0 Å². The first-order valence-corrected chi connectivity index (χ1v) is 8.88. The summed E-state index contributed by atoms with van der Waals surface area (Å²) >= 11 is 6.18. The van der Waals surface area contributed by atoms with Crippen LogP contribution >= 0.6 is 11.6 Å². The van der Waals surface area contributed by atoms with Gasteiger partial charge in [-0.2, -0.15) is 0 Å². The van der Waals surface area contributed by atoms with Crippen LogP contribution in [-0.4, -0.2) is 52.0 Å². The Kier molecular flexibility index (Phi) is 3.76. The van der Waals surface area contributed by atoms with E-state index < -0.39 is 5.60 Å². The first-order valence-electron chi connectivity index (χ1n) is 8.50. The van der Waals surface area contributed by atoms with Crippen molar-refractivity contribution in [2.75, 3.05) is 18.0 Å². The number of aromatic nitrogens is 2. The Hall–Kier alpha value is -2.08. The number of carbonyl (C=O) groups excluding carboxylic acids is 1. The Morgan fingerprint density at radius 3 is 2.52 bits per heavy atom. The molecule has 2 atom stereocenters. The van der Waals surface area contributed by atoms with Gasteiger partial charge in [-0.1, -0.05) is 35.9 Å². The first-order chi connectivity index (χ1) is 11.8. The van der Waals surface area contributed by atoms with Gasteiger partial charge >= 0.3 is 6.09 Å². The Morgan fingerprint density at radius 2 is 1.88 bits per heavy atom. The van der Waals surface area contributed by atoms with Gasteiger partial charge in [0.2, 0.25) is 0 Å². The normalized spacial score (nSPS) is 22.7. The average molecular weight is 361 g/mol. The zero-order valence-corrected chi connectivity index (χ0v) is 15.3. The number of piperazine rings is 1. The lowest BCUT2D eigenvalue weighted by Crippen LogP contribution is -2.50. The predicted octanol–water partition coefficient (Wildman–Crippen LogP) is 3.48. The van der Waals surface area contributed by atoms with E-state index in [1.54, 1.807) is 0 Å². The Labute approximate surface area is 151 Å². The number of halogens is 1. The third kappa shape index (κ3) is 2.88. The molecule has 1 aromatic carbocycles. The van der Waals surface area contributed by atoms with Gasteiger partial charge in [0.25, 0.3) is 0 Å². The van der Waals surface area contributed by atoms with E-state index in [2.05, 4.69) is 15.1 Å². The predicted molar refractivity (Wildman–Crippen MR) is 97.0 cm³/mol. The Balaban J connectivity index is 1.58. The molecule has 1 amide bonds. The molecular weight excluding hydrogens is 340 g/mol. The number of ether oxygens (including phenoxy) is 1. The molecule has 2 aliphatic heterocycles. The summed E-state index contributed by atoms with van der Waals surface area (Å²) in [5, 5.41) is 10.8. The lowest BCUT2D eigenvalue weighted by molar-refractivity contribution is 0.0214. The van der Waals surface area contributed by atoms with Crippen LogP contribution in [0.3, 0.4) is 0 Å². The molecule has 0 radical (unpaired) electrons. The van der Waals surface area contributed by atoms with Crippen LogP contribution in [0.4, 0.5) is 10.6 Å². The second kappa shape index (κ2) is 5.73. The highest BCUT2D eigenvalue weighted by Gasteiger charge is 2.47. The molecule has 0 unspecified atom stereocenters. The van der Waals surface area contributed by atoms with E-state index in [1.165, 1.54) is 0 Å². The lowest BCUT2D eigenvalue weighted by atomic mass is 10.1. The van der Waals surface area contributed by atoms with E-state index in [9.17, 15) is 4.79 Å². The van der Waals surface area contributed by atoms with Crippen molar-refractivity contribution >= 4 is 34.3 Å². The van der Waals surface area contributed by atoms with E-state index in [1.807, 2.05) is 49.9 Å². The molecule has 0 N–H and O–H groups in total. The number of benzene rings is 1. The van der Waals surface area contributed by atoms with E-state index in [-0.39, 0.29) is 18.2 Å². The minimum absolute atomic E-state index is 0.149. The van der Waals surface area contributed by atoms with Crippen molar-refractivity contribution in [2.45, 2.75) is 44.9 Å². The molecular formula is C18H21ClN4O2. The smallest absolute Gasteiger partial charge is 0.410 e. The molecule has 2 bridgehead atoms. The monoisotopic (exact) mass is 360 g/mol. The quantitative estimate of drug-likeness (QED) is 0.779. The maximum absolute atomic E-state index is 12.4. The molecule has 132 valence electrons. The van der Waals surface area contributed by atoms with Crippen molar-refractivity contribution in [3.8, 4) is 0 Å². The van der Waals surface area contributed by atoms with Crippen LogP contribution in [0.2, 0.25) is 5.15 Å². The lowest BCUT2D eigenvalue weighted by Gasteiger charge is -2.35. The number of hydrogen-bond acceptors (Lipinski definition) is 5. The van der Waals surface area contributed by atoms with E-state index in [0.717, 1.165) is 29.6 Å². The highest BCUT2D eigenvalue weighted by molar-refractivity contribution is 6.34. The van der Waals surface area contributed by atoms with Gasteiger partial charge in [0, 0.05) is 23.9 Å². The van der Waals surface area contributed by atoms with Crippen LogP contribution in [0, 0.1) is 0 Å². The zero-order valence-electron chi connectivity index (χ0n) is 14.6. The van der Waals surface area contributed by atoms with Gasteiger partial charge in [0.05, 0.1) is 12.1 Å². The number of likely N-dealkylation sites (tertiary alicyclic amines) is 1. The number of nitrogens with zero attached hydrogens (tertiary/aromatic N) is 4. The molecule has 2 aliphatic rings. The Morgan fingerprint density at radius 1 is 1.16 bits per heavy atom. The molecule has 6 nitrogen and oxygen atoms in total. The van der Waals surface area contributed by atoms with Crippen LogP contribution in [0.5, 0.6) is 0 Å². The molecule has 7 heteroatoms. The average Bonchev–Trinajstić information content (AvgIpc) is 3.14. The van der Waals surface area contributed by atoms with Crippen LogP contribution in [-0.2, 0) is 4.74 Å². The fraction of sp³-hybridized carbons (Fsp3) is 0.500. The number of rotatable bonds is 1. The minimum atomic E-state index is -0.476. The molecule has 2 fully saturated rings. The molecule has 3 heterocycles. The van der Waals surface area contributed by atoms with Crippen LogP contribution in [0.15, 0.2) is 24.3 Å². The summed E-state index contributed by atoms with van der Waals surface area (Å²) < 4.78 is 5.52. The molecule has 2 saturated heterocycles. The summed E-state index contributed by atoms with van der Waals surface area (Å²) in [6.45, 7) is 7.06. The van der Waals surface area contributed by atoms with Gasteiger partial charge in [0.15, 0.2) is 11.0 Å². The van der Waals surface area contributed by atoms with E-state index in [0.29, 0.717) is 11.7 Å². The maximum atomic E-state index is 12.4. The summed E-state index contributed by atoms with van der Waals surface area (Å²) in [7, 11) is 0. The summed E-state index contributed by atoms with van der Waals surface area (Å²) in [5.41, 5.74) is -0.476. The van der Waals surface area contributed by atoms with Gasteiger partial charge in [-0.3, -0.25) is 0 Å². The molecule has 4 rings (SSSR count). The Bertz CT molecular complexity index is 835. The van der Waals surface area contributed by atoms with Gasteiger partial charge in [-0.15, -0.1) is 10.2 Å². The van der Waals surface area contributed by atoms with Crippen molar-refractivity contribution in [3.05, 3.63) is 29.4 Å². The van der Waals surface area contributed by atoms with Crippen molar-refractivity contribution in [2.24, 2.45) is 0 Å². The fourth-order valence-corrected chi connectivity index (χ4v) is 3.94. The molecule has 0 spiro atoms. The molecule has 25 heavy (non-hydrogen) atoms. The van der Waals surface area contributed by atoms with Crippen molar-refractivity contribution in [1.29, 1.82) is 0 Å². The molecule has 0 aliphatic carbocycles. The van der Waals surface area contributed by atoms with E-state index >= 15 is 0 Å². The summed E-state index contributed by atoms with van der Waals surface area (Å²) in [4.78, 5) is 16.5. The van der Waals surface area contributed by atoms with Gasteiger partial charge < -0.3 is 14.5 Å². The number of hydrogen-bond donors (Lipinski definition) is 0. The highest BCUT2D eigenvalue weighted by atomic mass is 35.5. The second-order valence-corrected chi connectivity index (χ2v) is 8.05. The largest absolute Gasteiger partial charge is 0.444 e. The SMILES string of the molecule is CC(C)(C)OC(=O)N1C[C@@H]2C[C@H]1CN2c1nnc(Cl)c2ccccc12. The van der Waals surface area contributed by atoms with Gasteiger partial charge in [0.1, 0.15) is 5.60 Å². The number of anilines is 1. The molecule has 2 aromatic rings. The molecule has 1 aromatic heterocycles. The highest BCUT2D eigenvalue weighted by Crippen LogP contribution is 2.38. The first kappa shape index (κ1) is 16.4. The fourth-order valence-electron chi connectivity index (χ4n) is 3.74. The minimum Gasteiger partial charge on any atom is -0.444 e. The second-order valence-electron chi connectivity index (χ2n) is 7.69. The van der Waals surface area contributed by atoms with Gasteiger partial charge in [-0.25, -0.2) is 4.79 Å². The summed E-state index contributed by atoms with van der Waals surface area (Å²) in [6.07, 6.45) is 0.699. The zero-order chi connectivity index (χ0) is 17.8. The summed E-state index contributed by atoms with van der Waals surface area (Å²) in [6, 6.07) is 8.28. The van der Waals surface area contributed by atoms with Crippen LogP contribution in [0.25, 0.3) is 10.8 Å². The number of carbonyl (C=O) groups is 1. The maximum Gasteiger partial charge on any atom is 0.410 e. The number of amides is 1. The van der Waals surface area contributed by atoms with Crippen LogP contribution < -0.4 is 4.90 Å². The van der Waals surface area contributed by atoms with Crippen LogP contribution in [0.1, 0.15) is 27.2 Å².